The van der Waals surface area contributed by atoms with Crippen molar-refractivity contribution in [3.05, 3.63) is 59.2 Å². The maximum atomic E-state index is 13.1. The van der Waals surface area contributed by atoms with E-state index in [2.05, 4.69) is 5.32 Å². The van der Waals surface area contributed by atoms with Gasteiger partial charge in [0.05, 0.1) is 18.0 Å². The van der Waals surface area contributed by atoms with Crippen molar-refractivity contribution in [3.8, 4) is 5.75 Å². The van der Waals surface area contributed by atoms with Crippen molar-refractivity contribution in [2.24, 2.45) is 0 Å². The Kier molecular flexibility index (Phi) is 6.37. The summed E-state index contributed by atoms with van der Waals surface area (Å²) in [6.07, 6.45) is 1.73. The Balaban J connectivity index is 1.88. The highest BCUT2D eigenvalue weighted by molar-refractivity contribution is 7.92. The van der Waals surface area contributed by atoms with Gasteiger partial charge < -0.3 is 10.1 Å². The van der Waals surface area contributed by atoms with Crippen LogP contribution in [-0.4, -0.2) is 32.7 Å². The molecule has 0 aliphatic carbocycles. The molecule has 1 heterocycles. The van der Waals surface area contributed by atoms with E-state index in [9.17, 15) is 13.2 Å². The fourth-order valence-corrected chi connectivity index (χ4v) is 4.92. The molecule has 1 amide bonds. The van der Waals surface area contributed by atoms with E-state index in [-0.39, 0.29) is 24.4 Å². The van der Waals surface area contributed by atoms with Crippen molar-refractivity contribution in [2.45, 2.75) is 58.6 Å². The third-order valence-electron chi connectivity index (χ3n) is 5.48. The third kappa shape index (κ3) is 5.39. The lowest BCUT2D eigenvalue weighted by molar-refractivity contribution is -0.120. The van der Waals surface area contributed by atoms with Crippen molar-refractivity contribution in [2.75, 3.05) is 17.1 Å². The molecule has 0 saturated carbocycles. The lowest BCUT2D eigenvalue weighted by Crippen LogP contribution is -2.45. The molecule has 0 fully saturated rings. The normalized spacial score (nSPS) is 17.6. The number of nitrogens with one attached hydrogen (secondary N) is 1. The van der Waals surface area contributed by atoms with Gasteiger partial charge in [-0.1, -0.05) is 44.2 Å². The van der Waals surface area contributed by atoms with Gasteiger partial charge >= 0.3 is 0 Å². The quantitative estimate of drug-likeness (QED) is 0.721. The fraction of sp³-hybridized carbons (Fsp3) is 0.458. The molecule has 0 unspecified atom stereocenters. The van der Waals surface area contributed by atoms with Gasteiger partial charge in [-0.2, -0.15) is 0 Å². The van der Waals surface area contributed by atoms with Gasteiger partial charge in [-0.05, 0) is 49.9 Å². The average molecular weight is 445 g/mol. The van der Waals surface area contributed by atoms with Gasteiger partial charge in [0.15, 0.2) is 0 Å². The van der Waals surface area contributed by atoms with Gasteiger partial charge in [-0.15, -0.1) is 0 Å². The molecule has 7 heteroatoms. The number of carbonyl (C=O) groups is 1. The van der Waals surface area contributed by atoms with Gasteiger partial charge in [-0.25, -0.2) is 8.42 Å². The fourth-order valence-electron chi connectivity index (χ4n) is 4.04. The topological polar surface area (TPSA) is 75.7 Å². The number of nitrogens with zero attached hydrogens (tertiary/aromatic N) is 1. The molecule has 0 aromatic heterocycles. The van der Waals surface area contributed by atoms with E-state index in [1.54, 1.807) is 12.1 Å². The second kappa shape index (κ2) is 8.54. The zero-order valence-electron chi connectivity index (χ0n) is 19.1. The number of hydrogen-bond donors (Lipinski definition) is 1. The van der Waals surface area contributed by atoms with Crippen LogP contribution in [0.5, 0.6) is 5.75 Å². The molecule has 1 N–H and O–H groups in total. The molecule has 6 nitrogen and oxygen atoms in total. The lowest BCUT2D eigenvalue weighted by Gasteiger charge is -2.38. The number of para-hydroxylation sites is 1. The summed E-state index contributed by atoms with van der Waals surface area (Å²) in [5, 5.41) is 3.05. The highest BCUT2D eigenvalue weighted by Crippen LogP contribution is 2.40. The summed E-state index contributed by atoms with van der Waals surface area (Å²) in [5.74, 6) is 0.528. The first-order chi connectivity index (χ1) is 14.4. The summed E-state index contributed by atoms with van der Waals surface area (Å²) in [4.78, 5) is 13.1. The molecule has 1 aliphatic heterocycles. The van der Waals surface area contributed by atoms with Crippen LogP contribution < -0.4 is 14.4 Å². The highest BCUT2D eigenvalue weighted by Gasteiger charge is 2.35. The summed E-state index contributed by atoms with van der Waals surface area (Å²) in [6, 6.07) is 13.0. The number of amides is 1. The second-order valence-electron chi connectivity index (χ2n) is 9.21. The highest BCUT2D eigenvalue weighted by atomic mass is 32.2. The number of fused-ring (bicyclic) bond motifs is 1. The minimum Gasteiger partial charge on any atom is -0.487 e. The molecule has 2 aromatic rings. The number of carbonyl (C=O) groups excluding carboxylic acids is 1. The molecule has 1 atom stereocenters. The van der Waals surface area contributed by atoms with Crippen molar-refractivity contribution in [1.29, 1.82) is 0 Å². The molecule has 2 aromatic carbocycles. The van der Waals surface area contributed by atoms with Gasteiger partial charge in [0.25, 0.3) is 0 Å². The SMILES string of the molecule is Cc1ccc2c(c1)OC(C)(C)C[C@H]2NC(=O)CN(c1ccccc1C(C)C)S(C)(=O)=O. The molecule has 31 heavy (non-hydrogen) atoms. The van der Waals surface area contributed by atoms with Crippen LogP contribution in [0, 0.1) is 6.92 Å². The Morgan fingerprint density at radius 3 is 2.55 bits per heavy atom. The summed E-state index contributed by atoms with van der Waals surface area (Å²) in [7, 11) is -3.65. The minimum absolute atomic E-state index is 0.120. The van der Waals surface area contributed by atoms with E-state index in [4.69, 9.17) is 4.74 Å². The molecule has 0 saturated heterocycles. The van der Waals surface area contributed by atoms with Crippen LogP contribution in [0.4, 0.5) is 5.69 Å². The van der Waals surface area contributed by atoms with Gasteiger partial charge in [0, 0.05) is 12.0 Å². The Hall–Kier alpha value is -2.54. The largest absolute Gasteiger partial charge is 0.487 e. The zero-order valence-corrected chi connectivity index (χ0v) is 19.9. The van der Waals surface area contributed by atoms with Gasteiger partial charge in [0.2, 0.25) is 15.9 Å². The van der Waals surface area contributed by atoms with Crippen molar-refractivity contribution >= 4 is 21.6 Å². The van der Waals surface area contributed by atoms with Crippen LogP contribution in [0.15, 0.2) is 42.5 Å². The van der Waals surface area contributed by atoms with Crippen LogP contribution in [0.1, 0.15) is 62.8 Å². The van der Waals surface area contributed by atoms with Crippen LogP contribution in [0.2, 0.25) is 0 Å². The predicted octanol–water partition coefficient (Wildman–Crippen LogP) is 4.30. The molecular weight excluding hydrogens is 412 g/mol. The number of anilines is 1. The van der Waals surface area contributed by atoms with Gasteiger partial charge in [0.1, 0.15) is 17.9 Å². The Bertz CT molecular complexity index is 1080. The van der Waals surface area contributed by atoms with E-state index >= 15 is 0 Å². The van der Waals surface area contributed by atoms with E-state index < -0.39 is 15.6 Å². The first kappa shape index (κ1) is 23.1. The first-order valence-corrected chi connectivity index (χ1v) is 12.4. The van der Waals surface area contributed by atoms with E-state index in [1.165, 1.54) is 4.31 Å². The van der Waals surface area contributed by atoms with Crippen LogP contribution >= 0.6 is 0 Å². The molecule has 168 valence electrons. The Morgan fingerprint density at radius 1 is 1.23 bits per heavy atom. The summed E-state index contributed by atoms with van der Waals surface area (Å²) in [6.45, 7) is 9.69. The van der Waals surface area contributed by atoms with E-state index in [1.807, 2.05) is 65.0 Å². The van der Waals surface area contributed by atoms with Crippen LogP contribution in [0.3, 0.4) is 0 Å². The second-order valence-corrected chi connectivity index (χ2v) is 11.1. The Labute approximate surface area is 185 Å². The Morgan fingerprint density at radius 2 is 1.90 bits per heavy atom. The molecule has 3 rings (SSSR count). The number of hydrogen-bond acceptors (Lipinski definition) is 4. The average Bonchev–Trinajstić information content (AvgIpc) is 2.63. The third-order valence-corrected chi connectivity index (χ3v) is 6.60. The number of aryl methyl sites for hydroxylation is 1. The van der Waals surface area contributed by atoms with Crippen LogP contribution in [0.25, 0.3) is 0 Å². The number of rotatable bonds is 6. The first-order valence-electron chi connectivity index (χ1n) is 10.5. The van der Waals surface area contributed by atoms with Crippen LogP contribution in [-0.2, 0) is 14.8 Å². The number of sulfonamides is 1. The molecule has 1 aliphatic rings. The molecule has 0 radical (unpaired) electrons. The zero-order chi connectivity index (χ0) is 23.0. The summed E-state index contributed by atoms with van der Waals surface area (Å²) < 4.78 is 32.5. The van der Waals surface area contributed by atoms with Gasteiger partial charge in [-0.3, -0.25) is 9.10 Å². The van der Waals surface area contributed by atoms with E-state index in [0.29, 0.717) is 12.1 Å². The summed E-state index contributed by atoms with van der Waals surface area (Å²) >= 11 is 0. The van der Waals surface area contributed by atoms with Crippen molar-refractivity contribution in [3.63, 3.8) is 0 Å². The molecule has 0 spiro atoms. The lowest BCUT2D eigenvalue weighted by atomic mass is 9.89. The standard InChI is InChI=1S/C24H32N2O4S/c1-16(2)18-9-7-8-10-21(18)26(31(6,28)29)15-23(27)25-20-14-24(4,5)30-22-13-17(3)11-12-19(20)22/h7-13,16,20H,14-15H2,1-6H3,(H,25,27)/t20-/m1/s1. The maximum absolute atomic E-state index is 13.1. The molecular formula is C24H32N2O4S. The molecule has 0 bridgehead atoms. The number of ether oxygens (including phenoxy) is 1. The van der Waals surface area contributed by atoms with Crippen molar-refractivity contribution in [1.82, 2.24) is 5.32 Å². The maximum Gasteiger partial charge on any atom is 0.241 e. The monoisotopic (exact) mass is 444 g/mol. The minimum atomic E-state index is -3.65. The smallest absolute Gasteiger partial charge is 0.241 e. The number of benzene rings is 2. The van der Waals surface area contributed by atoms with E-state index in [0.717, 1.165) is 28.7 Å². The summed E-state index contributed by atoms with van der Waals surface area (Å²) in [5.41, 5.74) is 2.97. The predicted molar refractivity (Wildman–Crippen MR) is 124 cm³/mol. The van der Waals surface area contributed by atoms with Crippen molar-refractivity contribution < 1.29 is 17.9 Å².